The Hall–Kier alpha value is -1.00. The number of carbonyl (C=O) groups excluding carboxylic acids is 1. The molecule has 2 aliphatic carbocycles. The minimum atomic E-state index is 0.230. The number of aryl methyl sites for hydroxylation is 1. The van der Waals surface area contributed by atoms with Crippen LogP contribution in [0.15, 0.2) is 24.3 Å². The van der Waals surface area contributed by atoms with Gasteiger partial charge in [0.15, 0.2) is 0 Å². The van der Waals surface area contributed by atoms with E-state index in [9.17, 15) is 4.79 Å². The first-order valence-corrected chi connectivity index (χ1v) is 10.6. The lowest BCUT2D eigenvalue weighted by Crippen LogP contribution is -2.45. The lowest BCUT2D eigenvalue weighted by atomic mass is 9.91. The van der Waals surface area contributed by atoms with Crippen LogP contribution >= 0.6 is 11.8 Å². The number of amides is 1. The van der Waals surface area contributed by atoms with Gasteiger partial charge in [0, 0.05) is 30.4 Å². The molecule has 4 heteroatoms. The monoisotopic (exact) mass is 344 g/mol. The number of rotatable bonds is 5. The quantitative estimate of drug-likeness (QED) is 0.887. The summed E-state index contributed by atoms with van der Waals surface area (Å²) in [6, 6.07) is 10.0. The minimum Gasteiger partial charge on any atom is -0.353 e. The molecule has 0 aromatic heterocycles. The zero-order chi connectivity index (χ0) is 16.4. The Kier molecular flexibility index (Phi) is 5.14. The van der Waals surface area contributed by atoms with Gasteiger partial charge in [0.05, 0.1) is 5.75 Å². The highest BCUT2D eigenvalue weighted by Gasteiger charge is 2.32. The first-order valence-electron chi connectivity index (χ1n) is 9.52. The van der Waals surface area contributed by atoms with E-state index in [4.69, 9.17) is 0 Å². The Balaban J connectivity index is 1.23. The summed E-state index contributed by atoms with van der Waals surface area (Å²) in [7, 11) is 0. The van der Waals surface area contributed by atoms with E-state index in [-0.39, 0.29) is 5.91 Å². The van der Waals surface area contributed by atoms with E-state index in [2.05, 4.69) is 34.5 Å². The number of hydrogen-bond acceptors (Lipinski definition) is 3. The van der Waals surface area contributed by atoms with Crippen molar-refractivity contribution in [3.05, 3.63) is 35.4 Å². The average Bonchev–Trinajstić information content (AvgIpc) is 3.46. The largest absolute Gasteiger partial charge is 0.353 e. The maximum absolute atomic E-state index is 12.3. The average molecular weight is 345 g/mol. The maximum Gasteiger partial charge on any atom is 0.230 e. The third kappa shape index (κ3) is 3.97. The molecule has 4 rings (SSSR count). The van der Waals surface area contributed by atoms with Gasteiger partial charge in [0.25, 0.3) is 0 Å². The zero-order valence-corrected chi connectivity index (χ0v) is 15.2. The molecule has 1 aliphatic heterocycles. The van der Waals surface area contributed by atoms with Gasteiger partial charge in [0.1, 0.15) is 0 Å². The molecule has 2 fully saturated rings. The van der Waals surface area contributed by atoms with Crippen molar-refractivity contribution in [2.24, 2.45) is 0 Å². The Morgan fingerprint density at radius 1 is 1.12 bits per heavy atom. The van der Waals surface area contributed by atoms with E-state index in [0.717, 1.165) is 18.9 Å². The summed E-state index contributed by atoms with van der Waals surface area (Å²) in [6.07, 6.45) is 8.66. The van der Waals surface area contributed by atoms with Crippen molar-refractivity contribution in [1.29, 1.82) is 0 Å². The number of carbonyl (C=O) groups is 1. The molecular weight excluding hydrogens is 316 g/mol. The third-order valence-electron chi connectivity index (χ3n) is 5.69. The second-order valence-corrected chi connectivity index (χ2v) is 8.69. The summed E-state index contributed by atoms with van der Waals surface area (Å²) in [4.78, 5) is 15.0. The normalized spacial score (nSPS) is 25.2. The molecule has 0 bridgehead atoms. The smallest absolute Gasteiger partial charge is 0.230 e. The van der Waals surface area contributed by atoms with E-state index in [1.165, 1.54) is 56.3 Å². The summed E-state index contributed by atoms with van der Waals surface area (Å²) in [5.74, 6) is 0.829. The molecule has 1 saturated carbocycles. The van der Waals surface area contributed by atoms with Gasteiger partial charge in [-0.1, -0.05) is 24.3 Å². The number of hydrogen-bond donors (Lipinski definition) is 1. The van der Waals surface area contributed by atoms with Crippen molar-refractivity contribution >= 4 is 17.7 Å². The first-order chi connectivity index (χ1) is 11.8. The SMILES string of the molecule is O=C(CS[C@H]1CCCc2ccccc21)NC1CCN(C2CC2)CC1. The standard InChI is InChI=1S/C20H28N2OS/c23-20(21-16-10-12-22(13-11-16)17-8-9-17)14-24-19-7-3-5-15-4-1-2-6-18(15)19/h1-2,4,6,16-17,19H,3,5,7-14H2,(H,21,23)/t19-/m0/s1. The molecule has 1 amide bonds. The zero-order valence-electron chi connectivity index (χ0n) is 14.4. The molecule has 1 aromatic carbocycles. The fourth-order valence-corrected chi connectivity index (χ4v) is 5.36. The number of nitrogens with one attached hydrogen (secondary N) is 1. The van der Waals surface area contributed by atoms with Gasteiger partial charge in [-0.2, -0.15) is 0 Å². The van der Waals surface area contributed by atoms with Crippen LogP contribution in [0.3, 0.4) is 0 Å². The van der Waals surface area contributed by atoms with Crippen LogP contribution in [0.1, 0.15) is 54.9 Å². The molecule has 130 valence electrons. The Morgan fingerprint density at radius 2 is 1.92 bits per heavy atom. The van der Waals surface area contributed by atoms with Crippen molar-refractivity contribution in [1.82, 2.24) is 10.2 Å². The second kappa shape index (κ2) is 7.49. The minimum absolute atomic E-state index is 0.230. The van der Waals surface area contributed by atoms with E-state index in [1.807, 2.05) is 11.8 Å². The van der Waals surface area contributed by atoms with Crippen LogP contribution < -0.4 is 5.32 Å². The Morgan fingerprint density at radius 3 is 2.71 bits per heavy atom. The molecule has 1 heterocycles. The topological polar surface area (TPSA) is 32.3 Å². The number of nitrogens with zero attached hydrogens (tertiary/aromatic N) is 1. The Labute approximate surface area is 149 Å². The van der Waals surface area contributed by atoms with E-state index in [1.54, 1.807) is 0 Å². The number of likely N-dealkylation sites (tertiary alicyclic amines) is 1. The predicted octanol–water partition coefficient (Wildman–Crippen LogP) is 3.54. The van der Waals surface area contributed by atoms with Gasteiger partial charge < -0.3 is 10.2 Å². The van der Waals surface area contributed by atoms with Crippen molar-refractivity contribution in [2.45, 2.75) is 62.3 Å². The van der Waals surface area contributed by atoms with Crippen LogP contribution in [0, 0.1) is 0 Å². The highest BCUT2D eigenvalue weighted by atomic mass is 32.2. The predicted molar refractivity (Wildman–Crippen MR) is 100 cm³/mol. The van der Waals surface area contributed by atoms with Crippen LogP contribution in [0.5, 0.6) is 0 Å². The first kappa shape index (κ1) is 16.5. The summed E-state index contributed by atoms with van der Waals surface area (Å²) >= 11 is 1.83. The van der Waals surface area contributed by atoms with Crippen LogP contribution in [0.4, 0.5) is 0 Å². The van der Waals surface area contributed by atoms with Crippen molar-refractivity contribution in [3.8, 4) is 0 Å². The molecule has 1 atom stereocenters. The molecule has 0 unspecified atom stereocenters. The molecule has 3 aliphatic rings. The molecule has 1 saturated heterocycles. The summed E-state index contributed by atoms with van der Waals surface area (Å²) < 4.78 is 0. The van der Waals surface area contributed by atoms with Crippen LogP contribution in [0.2, 0.25) is 0 Å². The summed E-state index contributed by atoms with van der Waals surface area (Å²) in [6.45, 7) is 2.33. The molecule has 1 aromatic rings. The number of piperidine rings is 1. The van der Waals surface area contributed by atoms with Crippen LogP contribution in [-0.4, -0.2) is 41.7 Å². The van der Waals surface area contributed by atoms with Gasteiger partial charge in [-0.15, -0.1) is 11.8 Å². The number of benzene rings is 1. The number of thioether (sulfide) groups is 1. The highest BCUT2D eigenvalue weighted by Crippen LogP contribution is 2.39. The van der Waals surface area contributed by atoms with Gasteiger partial charge in [-0.05, 0) is 56.1 Å². The molecule has 24 heavy (non-hydrogen) atoms. The summed E-state index contributed by atoms with van der Waals surface area (Å²) in [5.41, 5.74) is 2.94. The fourth-order valence-electron chi connectivity index (χ4n) is 4.18. The van der Waals surface area contributed by atoms with E-state index < -0.39 is 0 Å². The van der Waals surface area contributed by atoms with Crippen LogP contribution in [0.25, 0.3) is 0 Å². The maximum atomic E-state index is 12.3. The van der Waals surface area contributed by atoms with E-state index in [0.29, 0.717) is 17.0 Å². The molecule has 0 radical (unpaired) electrons. The third-order valence-corrected chi connectivity index (χ3v) is 7.01. The molecular formula is C20H28N2OS. The van der Waals surface area contributed by atoms with E-state index >= 15 is 0 Å². The van der Waals surface area contributed by atoms with Crippen molar-refractivity contribution < 1.29 is 4.79 Å². The number of fused-ring (bicyclic) bond motifs is 1. The van der Waals surface area contributed by atoms with Gasteiger partial charge in [-0.25, -0.2) is 0 Å². The van der Waals surface area contributed by atoms with Crippen LogP contribution in [-0.2, 0) is 11.2 Å². The van der Waals surface area contributed by atoms with Crippen molar-refractivity contribution in [2.75, 3.05) is 18.8 Å². The molecule has 1 N–H and O–H groups in total. The van der Waals surface area contributed by atoms with Gasteiger partial charge >= 0.3 is 0 Å². The fraction of sp³-hybridized carbons (Fsp3) is 0.650. The Bertz CT molecular complexity index is 579. The molecule has 3 nitrogen and oxygen atoms in total. The van der Waals surface area contributed by atoms with Gasteiger partial charge in [0.2, 0.25) is 5.91 Å². The summed E-state index contributed by atoms with van der Waals surface area (Å²) in [5, 5.41) is 3.77. The highest BCUT2D eigenvalue weighted by molar-refractivity contribution is 8.00. The van der Waals surface area contributed by atoms with Gasteiger partial charge in [-0.3, -0.25) is 4.79 Å². The lowest BCUT2D eigenvalue weighted by molar-refractivity contribution is -0.119. The second-order valence-electron chi connectivity index (χ2n) is 7.50. The van der Waals surface area contributed by atoms with Crippen molar-refractivity contribution in [3.63, 3.8) is 0 Å². The molecule has 0 spiro atoms. The lowest BCUT2D eigenvalue weighted by Gasteiger charge is -2.32.